The van der Waals surface area contributed by atoms with Crippen LogP contribution in [0.2, 0.25) is 0 Å². The van der Waals surface area contributed by atoms with Gasteiger partial charge in [-0.2, -0.15) is 0 Å². The van der Waals surface area contributed by atoms with Gasteiger partial charge in [-0.05, 0) is 39.3 Å². The SMILES string of the molecule is CCCNC(=O)CN1CCC2(CC1)C(O)CC2OCC. The van der Waals surface area contributed by atoms with Gasteiger partial charge in [0.05, 0.1) is 18.8 Å². The summed E-state index contributed by atoms with van der Waals surface area (Å²) in [4.78, 5) is 13.9. The Morgan fingerprint density at radius 1 is 1.40 bits per heavy atom. The first-order chi connectivity index (χ1) is 9.62. The fourth-order valence-electron chi connectivity index (χ4n) is 3.47. The number of piperidine rings is 1. The maximum Gasteiger partial charge on any atom is 0.234 e. The van der Waals surface area contributed by atoms with Crippen molar-refractivity contribution in [2.75, 3.05) is 32.8 Å². The summed E-state index contributed by atoms with van der Waals surface area (Å²) in [5.41, 5.74) is -0.0492. The van der Waals surface area contributed by atoms with Crippen molar-refractivity contribution in [2.24, 2.45) is 5.41 Å². The van der Waals surface area contributed by atoms with E-state index in [4.69, 9.17) is 4.74 Å². The monoisotopic (exact) mass is 284 g/mol. The van der Waals surface area contributed by atoms with Gasteiger partial charge in [-0.25, -0.2) is 0 Å². The number of nitrogens with zero attached hydrogens (tertiary/aromatic N) is 1. The van der Waals surface area contributed by atoms with E-state index in [0.717, 1.165) is 45.3 Å². The Hall–Kier alpha value is -0.650. The van der Waals surface area contributed by atoms with E-state index in [9.17, 15) is 9.90 Å². The molecule has 0 radical (unpaired) electrons. The van der Waals surface area contributed by atoms with Crippen LogP contribution in [0.25, 0.3) is 0 Å². The standard InChI is InChI=1S/C15H28N2O3/c1-3-7-16-14(19)11-17-8-5-15(6-9-17)12(18)10-13(15)20-4-2/h12-13,18H,3-11H2,1-2H3,(H,16,19). The molecule has 2 N–H and O–H groups in total. The third kappa shape index (κ3) is 3.15. The Balaban J connectivity index is 1.78. The third-order valence-corrected chi connectivity index (χ3v) is 4.84. The summed E-state index contributed by atoms with van der Waals surface area (Å²) in [5, 5.41) is 13.0. The topological polar surface area (TPSA) is 61.8 Å². The number of hydrogen-bond acceptors (Lipinski definition) is 4. The largest absolute Gasteiger partial charge is 0.392 e. The minimum absolute atomic E-state index is 0.0492. The summed E-state index contributed by atoms with van der Waals surface area (Å²) >= 11 is 0. The van der Waals surface area contributed by atoms with Crippen molar-refractivity contribution < 1.29 is 14.6 Å². The van der Waals surface area contributed by atoms with Crippen LogP contribution in [-0.2, 0) is 9.53 Å². The van der Waals surface area contributed by atoms with Gasteiger partial charge in [0.2, 0.25) is 5.91 Å². The maximum absolute atomic E-state index is 11.7. The Morgan fingerprint density at radius 3 is 2.65 bits per heavy atom. The molecular formula is C15H28N2O3. The molecule has 20 heavy (non-hydrogen) atoms. The van der Waals surface area contributed by atoms with Crippen LogP contribution >= 0.6 is 0 Å². The second-order valence-corrected chi connectivity index (χ2v) is 6.05. The molecule has 0 aromatic rings. The zero-order valence-electron chi connectivity index (χ0n) is 12.7. The number of nitrogens with one attached hydrogen (secondary N) is 1. The molecule has 1 aliphatic heterocycles. The maximum atomic E-state index is 11.7. The van der Waals surface area contributed by atoms with Crippen molar-refractivity contribution in [1.29, 1.82) is 0 Å². The molecule has 5 heteroatoms. The summed E-state index contributed by atoms with van der Waals surface area (Å²) in [6.45, 7) is 7.75. The number of aliphatic hydroxyl groups is 1. The van der Waals surface area contributed by atoms with Crippen LogP contribution in [-0.4, -0.2) is 60.9 Å². The molecule has 2 unspecified atom stereocenters. The smallest absolute Gasteiger partial charge is 0.234 e. The zero-order chi connectivity index (χ0) is 14.6. The van der Waals surface area contributed by atoms with Crippen LogP contribution in [0.1, 0.15) is 39.5 Å². The lowest BCUT2D eigenvalue weighted by molar-refractivity contribution is -0.209. The lowest BCUT2D eigenvalue weighted by atomic mass is 9.58. The van der Waals surface area contributed by atoms with Crippen molar-refractivity contribution in [1.82, 2.24) is 10.2 Å². The Morgan fingerprint density at radius 2 is 2.10 bits per heavy atom. The van der Waals surface area contributed by atoms with E-state index in [1.165, 1.54) is 0 Å². The predicted molar refractivity (Wildman–Crippen MR) is 77.4 cm³/mol. The highest BCUT2D eigenvalue weighted by Gasteiger charge is 2.55. The second kappa shape index (κ2) is 6.87. The molecule has 116 valence electrons. The van der Waals surface area contributed by atoms with Crippen LogP contribution in [0, 0.1) is 5.41 Å². The van der Waals surface area contributed by atoms with E-state index in [2.05, 4.69) is 17.1 Å². The summed E-state index contributed by atoms with van der Waals surface area (Å²) < 4.78 is 5.75. The van der Waals surface area contributed by atoms with E-state index < -0.39 is 0 Å². The van der Waals surface area contributed by atoms with E-state index in [-0.39, 0.29) is 23.5 Å². The van der Waals surface area contributed by atoms with Crippen LogP contribution in [0.15, 0.2) is 0 Å². The molecule has 1 saturated carbocycles. The van der Waals surface area contributed by atoms with E-state index in [1.807, 2.05) is 6.92 Å². The van der Waals surface area contributed by atoms with Crippen molar-refractivity contribution in [3.8, 4) is 0 Å². The highest BCUT2D eigenvalue weighted by atomic mass is 16.5. The molecular weight excluding hydrogens is 256 g/mol. The third-order valence-electron chi connectivity index (χ3n) is 4.84. The van der Waals surface area contributed by atoms with Gasteiger partial charge in [0.1, 0.15) is 0 Å². The molecule has 0 bridgehead atoms. The van der Waals surface area contributed by atoms with E-state index in [1.54, 1.807) is 0 Å². The van der Waals surface area contributed by atoms with E-state index >= 15 is 0 Å². The molecule has 2 atom stereocenters. The molecule has 0 aromatic carbocycles. The number of aliphatic hydroxyl groups excluding tert-OH is 1. The van der Waals surface area contributed by atoms with E-state index in [0.29, 0.717) is 13.2 Å². The molecule has 1 saturated heterocycles. The van der Waals surface area contributed by atoms with Crippen molar-refractivity contribution in [2.45, 2.75) is 51.7 Å². The summed E-state index contributed by atoms with van der Waals surface area (Å²) in [6.07, 6.45) is 3.58. The first-order valence-electron chi connectivity index (χ1n) is 7.91. The molecule has 0 aromatic heterocycles. The summed E-state index contributed by atoms with van der Waals surface area (Å²) in [6, 6.07) is 0. The second-order valence-electron chi connectivity index (χ2n) is 6.05. The van der Waals surface area contributed by atoms with Gasteiger partial charge in [-0.3, -0.25) is 9.69 Å². The number of likely N-dealkylation sites (tertiary alicyclic amines) is 1. The highest BCUT2D eigenvalue weighted by molar-refractivity contribution is 5.77. The van der Waals surface area contributed by atoms with Gasteiger partial charge < -0.3 is 15.2 Å². The Labute approximate surface area is 121 Å². The normalized spacial score (nSPS) is 29.1. The lowest BCUT2D eigenvalue weighted by Crippen LogP contribution is -2.62. The van der Waals surface area contributed by atoms with Gasteiger partial charge in [0.25, 0.3) is 0 Å². The number of carbonyl (C=O) groups is 1. The first-order valence-corrected chi connectivity index (χ1v) is 7.91. The number of hydrogen-bond donors (Lipinski definition) is 2. The fraction of sp³-hybridized carbons (Fsp3) is 0.933. The molecule has 1 heterocycles. The highest BCUT2D eigenvalue weighted by Crippen LogP contribution is 2.50. The summed E-state index contributed by atoms with van der Waals surface area (Å²) in [7, 11) is 0. The minimum atomic E-state index is -0.227. The average Bonchev–Trinajstić information content (AvgIpc) is 2.46. The molecule has 1 spiro atoms. The molecule has 2 rings (SSSR count). The number of carbonyl (C=O) groups excluding carboxylic acids is 1. The zero-order valence-corrected chi connectivity index (χ0v) is 12.7. The van der Waals surface area contributed by atoms with Gasteiger partial charge >= 0.3 is 0 Å². The minimum Gasteiger partial charge on any atom is -0.392 e. The Kier molecular flexibility index (Phi) is 5.41. The van der Waals surface area contributed by atoms with Crippen molar-refractivity contribution >= 4 is 5.91 Å². The quantitative estimate of drug-likeness (QED) is 0.756. The fourth-order valence-corrected chi connectivity index (χ4v) is 3.47. The van der Waals surface area contributed by atoms with Gasteiger partial charge in [0.15, 0.2) is 0 Å². The average molecular weight is 284 g/mol. The predicted octanol–water partition coefficient (Wildman–Crippen LogP) is 0.764. The molecule has 1 amide bonds. The van der Waals surface area contributed by atoms with Crippen molar-refractivity contribution in [3.63, 3.8) is 0 Å². The molecule has 2 aliphatic rings. The van der Waals surface area contributed by atoms with Crippen LogP contribution < -0.4 is 5.32 Å². The lowest BCUT2D eigenvalue weighted by Gasteiger charge is -2.56. The van der Waals surface area contributed by atoms with Gasteiger partial charge in [0, 0.05) is 25.0 Å². The van der Waals surface area contributed by atoms with Crippen LogP contribution in [0.4, 0.5) is 0 Å². The first kappa shape index (κ1) is 15.7. The number of amides is 1. The van der Waals surface area contributed by atoms with Gasteiger partial charge in [-0.15, -0.1) is 0 Å². The molecule has 1 aliphatic carbocycles. The summed E-state index contributed by atoms with van der Waals surface area (Å²) in [5.74, 6) is 0.110. The van der Waals surface area contributed by atoms with Crippen LogP contribution in [0.5, 0.6) is 0 Å². The Bertz CT molecular complexity index is 325. The number of rotatable bonds is 6. The van der Waals surface area contributed by atoms with Gasteiger partial charge in [-0.1, -0.05) is 6.92 Å². The van der Waals surface area contributed by atoms with Crippen LogP contribution in [0.3, 0.4) is 0 Å². The molecule has 5 nitrogen and oxygen atoms in total. The van der Waals surface area contributed by atoms with Crippen molar-refractivity contribution in [3.05, 3.63) is 0 Å². The number of ether oxygens (including phenoxy) is 1. The molecule has 2 fully saturated rings.